The molecule has 1 aliphatic heterocycles. The van der Waals surface area contributed by atoms with Crippen molar-refractivity contribution in [2.24, 2.45) is 11.8 Å². The first-order chi connectivity index (χ1) is 18.4. The van der Waals surface area contributed by atoms with E-state index in [-0.39, 0.29) is 28.5 Å². The van der Waals surface area contributed by atoms with Crippen LogP contribution in [-0.4, -0.2) is 82.9 Å². The maximum absolute atomic E-state index is 11.8. The van der Waals surface area contributed by atoms with E-state index in [0.29, 0.717) is 12.5 Å². The van der Waals surface area contributed by atoms with Gasteiger partial charge in [-0.05, 0) is 33.2 Å². The van der Waals surface area contributed by atoms with Gasteiger partial charge in [0.1, 0.15) is 0 Å². The molecule has 0 aromatic rings. The molecule has 1 aliphatic rings. The van der Waals surface area contributed by atoms with Gasteiger partial charge in [-0.25, -0.2) is 0 Å². The molecule has 17 heteroatoms. The van der Waals surface area contributed by atoms with Crippen molar-refractivity contribution in [3.05, 3.63) is 12.2 Å². The van der Waals surface area contributed by atoms with Crippen LogP contribution in [0.4, 0.5) is 0 Å². The predicted molar refractivity (Wildman–Crippen MR) is 156 cm³/mol. The lowest BCUT2D eigenvalue weighted by molar-refractivity contribution is -0.162. The molecule has 3 amide bonds. The summed E-state index contributed by atoms with van der Waals surface area (Å²) in [4.78, 5) is 45.9. The summed E-state index contributed by atoms with van der Waals surface area (Å²) in [5.74, 6) is -4.47. The molecule has 0 saturated heterocycles. The molecule has 0 spiro atoms. The summed E-state index contributed by atoms with van der Waals surface area (Å²) in [5, 5.41) is 2.82. The SMILES string of the molecule is CC(C[Si](C)(C)C)C(=O)OCS(=O)(=O)ON1C(=O)C=CC1=O.CCC(C)C(=O)NC(C)(C)CS(=O)(=O)OC(C)CCl. The van der Waals surface area contributed by atoms with E-state index in [9.17, 15) is 36.0 Å². The van der Waals surface area contributed by atoms with Gasteiger partial charge in [0.15, 0.2) is 0 Å². The van der Waals surface area contributed by atoms with E-state index >= 15 is 0 Å². The van der Waals surface area contributed by atoms with Crippen LogP contribution in [0.25, 0.3) is 0 Å². The van der Waals surface area contributed by atoms with Crippen LogP contribution < -0.4 is 5.32 Å². The van der Waals surface area contributed by atoms with Crippen molar-refractivity contribution in [1.29, 1.82) is 0 Å². The van der Waals surface area contributed by atoms with Crippen LogP contribution in [-0.2, 0) is 52.6 Å². The molecule has 0 bridgehead atoms. The van der Waals surface area contributed by atoms with E-state index in [0.717, 1.165) is 12.2 Å². The molecule has 0 aromatic heterocycles. The number of carbonyl (C=O) groups is 4. The van der Waals surface area contributed by atoms with Gasteiger partial charge in [-0.2, -0.15) is 16.8 Å². The molecular weight excluding hydrogens is 620 g/mol. The van der Waals surface area contributed by atoms with Crippen molar-refractivity contribution >= 4 is 63.6 Å². The highest BCUT2D eigenvalue weighted by molar-refractivity contribution is 7.87. The fourth-order valence-corrected chi connectivity index (χ4v) is 7.71. The largest absolute Gasteiger partial charge is 0.446 e. The lowest BCUT2D eigenvalue weighted by Crippen LogP contribution is -2.50. The normalized spacial score (nSPS) is 16.5. The van der Waals surface area contributed by atoms with Crippen LogP contribution in [0.1, 0.15) is 48.0 Å². The van der Waals surface area contributed by atoms with Crippen LogP contribution in [0.2, 0.25) is 25.7 Å². The maximum atomic E-state index is 11.8. The Balaban J connectivity index is 0.000000790. The second-order valence-electron chi connectivity index (χ2n) is 11.6. The zero-order chi connectivity index (χ0) is 32.4. The summed E-state index contributed by atoms with van der Waals surface area (Å²) < 4.78 is 60.8. The van der Waals surface area contributed by atoms with Crippen LogP contribution in [0.15, 0.2) is 12.2 Å². The highest BCUT2D eigenvalue weighted by atomic mass is 35.5. The van der Waals surface area contributed by atoms with Gasteiger partial charge in [0.05, 0.1) is 23.3 Å². The minimum Gasteiger partial charge on any atom is -0.446 e. The molecule has 1 heterocycles. The van der Waals surface area contributed by atoms with Crippen molar-refractivity contribution in [3.63, 3.8) is 0 Å². The number of esters is 1. The topological polar surface area (TPSA) is 180 Å². The molecule has 0 aliphatic carbocycles. The molecule has 0 fully saturated rings. The van der Waals surface area contributed by atoms with Gasteiger partial charge in [-0.15, -0.1) is 20.9 Å². The first-order valence-electron chi connectivity index (χ1n) is 12.9. The van der Waals surface area contributed by atoms with E-state index in [4.69, 9.17) is 20.5 Å². The molecule has 1 N–H and O–H groups in total. The molecule has 3 atom stereocenters. The summed E-state index contributed by atoms with van der Waals surface area (Å²) >= 11 is 5.51. The number of rotatable bonds is 15. The number of hydroxylamine groups is 2. The van der Waals surface area contributed by atoms with E-state index in [1.165, 1.54) is 0 Å². The van der Waals surface area contributed by atoms with Gasteiger partial charge in [-0.3, -0.25) is 23.4 Å². The molecule has 0 radical (unpaired) electrons. The van der Waals surface area contributed by atoms with Gasteiger partial charge in [0.2, 0.25) is 11.8 Å². The molecule has 0 aromatic carbocycles. The van der Waals surface area contributed by atoms with E-state index in [1.807, 2.05) is 6.92 Å². The van der Waals surface area contributed by atoms with Crippen LogP contribution >= 0.6 is 11.6 Å². The number of amides is 3. The van der Waals surface area contributed by atoms with Crippen LogP contribution in [0, 0.1) is 11.8 Å². The average molecular weight is 663 g/mol. The zero-order valence-corrected chi connectivity index (χ0v) is 28.4. The number of carbonyl (C=O) groups excluding carboxylic acids is 4. The number of imide groups is 1. The fourth-order valence-electron chi connectivity index (χ4n) is 3.30. The van der Waals surface area contributed by atoms with Crippen molar-refractivity contribution in [1.82, 2.24) is 10.4 Å². The molecule has 1 rings (SSSR count). The third kappa shape index (κ3) is 16.4. The third-order valence-electron chi connectivity index (χ3n) is 5.21. The lowest BCUT2D eigenvalue weighted by Gasteiger charge is -2.27. The lowest BCUT2D eigenvalue weighted by atomic mass is 10.0. The zero-order valence-electron chi connectivity index (χ0n) is 25.1. The summed E-state index contributed by atoms with van der Waals surface area (Å²) in [7, 11) is -9.61. The Morgan fingerprint density at radius 2 is 1.51 bits per heavy atom. The Morgan fingerprint density at radius 1 is 1.00 bits per heavy atom. The number of hydrogen-bond donors (Lipinski definition) is 1. The van der Waals surface area contributed by atoms with Crippen molar-refractivity contribution in [3.8, 4) is 0 Å². The van der Waals surface area contributed by atoms with E-state index < -0.39 is 69.6 Å². The summed E-state index contributed by atoms with van der Waals surface area (Å²) in [5.41, 5.74) is -0.884. The minimum absolute atomic E-state index is 0.0919. The van der Waals surface area contributed by atoms with Crippen LogP contribution in [0.3, 0.4) is 0 Å². The third-order valence-corrected chi connectivity index (χ3v) is 9.96. The number of nitrogens with zero attached hydrogens (tertiary/aromatic N) is 1. The van der Waals surface area contributed by atoms with Crippen molar-refractivity contribution in [2.45, 2.75) is 85.3 Å². The number of ether oxygens (including phenoxy) is 1. The summed E-state index contributed by atoms with van der Waals surface area (Å²) in [6, 6.07) is 0.653. The molecule has 13 nitrogen and oxygen atoms in total. The number of nitrogens with one attached hydrogen (secondary N) is 1. The first-order valence-corrected chi connectivity index (χ1v) is 20.3. The Hall–Kier alpha value is -1.85. The highest BCUT2D eigenvalue weighted by Gasteiger charge is 2.32. The van der Waals surface area contributed by atoms with E-state index in [1.54, 1.807) is 34.6 Å². The number of alkyl halides is 1. The molecular formula is C24H43ClN2O11S2Si. The molecule has 238 valence electrons. The second kappa shape index (κ2) is 16.1. The smallest absolute Gasteiger partial charge is 0.324 e. The second-order valence-corrected chi connectivity index (χ2v) is 20.6. The summed E-state index contributed by atoms with van der Waals surface area (Å²) in [6.45, 7) is 16.5. The average Bonchev–Trinajstić information content (AvgIpc) is 3.11. The monoisotopic (exact) mass is 662 g/mol. The van der Waals surface area contributed by atoms with Crippen LogP contribution in [0.5, 0.6) is 0 Å². The number of halogens is 1. The maximum Gasteiger partial charge on any atom is 0.324 e. The predicted octanol–water partition coefficient (Wildman–Crippen LogP) is 2.55. The summed E-state index contributed by atoms with van der Waals surface area (Å²) in [6.07, 6.45) is 1.88. The standard InChI is InChI=1S/C12H24ClNO4S.C12H19NO7SSi/c1-6-9(2)11(15)14-12(4,5)8-19(16,17)18-10(3)7-13;1-9(7-22(2,3)4)12(16)19-8-21(17,18)20-13-10(14)5-6-11(13)15/h9-10H,6-8H2,1-5H3,(H,14,15);5-6,9H,7-8H2,1-4H3. The minimum atomic E-state index is -4.39. The Morgan fingerprint density at radius 3 is 1.95 bits per heavy atom. The van der Waals surface area contributed by atoms with Gasteiger partial charge < -0.3 is 10.1 Å². The van der Waals surface area contributed by atoms with E-state index in [2.05, 4.69) is 29.2 Å². The molecule has 3 unspecified atom stereocenters. The highest BCUT2D eigenvalue weighted by Crippen LogP contribution is 2.18. The number of hydrogen-bond acceptors (Lipinski definition) is 11. The Bertz CT molecular complexity index is 1160. The quantitative estimate of drug-likeness (QED) is 0.0895. The fraction of sp³-hybridized carbons (Fsp3) is 0.750. The van der Waals surface area contributed by atoms with Crippen molar-refractivity contribution < 1.29 is 49.2 Å². The van der Waals surface area contributed by atoms with Gasteiger partial charge in [-0.1, -0.05) is 40.4 Å². The first kappa shape index (κ1) is 39.1. The van der Waals surface area contributed by atoms with Gasteiger partial charge in [0.25, 0.3) is 21.9 Å². The molecule has 0 saturated carbocycles. The van der Waals surface area contributed by atoms with Gasteiger partial charge >= 0.3 is 16.1 Å². The Kier molecular flexibility index (Phi) is 15.4. The molecule has 41 heavy (non-hydrogen) atoms. The Labute approximate surface area is 249 Å². The van der Waals surface area contributed by atoms with Gasteiger partial charge in [0, 0.05) is 32.0 Å². The van der Waals surface area contributed by atoms with Crippen molar-refractivity contribution in [2.75, 3.05) is 17.6 Å².